The van der Waals surface area contributed by atoms with Crippen LogP contribution in [0.4, 0.5) is 0 Å². The predicted molar refractivity (Wildman–Crippen MR) is 77.9 cm³/mol. The molecule has 1 amide bonds. The molecule has 1 saturated carbocycles. The Bertz CT molecular complexity index is 382. The molecule has 1 aliphatic carbocycles. The Balaban J connectivity index is 1.81. The minimum atomic E-state index is -0.782. The van der Waals surface area contributed by atoms with Crippen molar-refractivity contribution in [3.8, 4) is 0 Å². The molecule has 2 atom stereocenters. The SMILES string of the molecule is CCCNC1COCC1C(=O)NCC1(CC(=O)O)CCC1. The average Bonchev–Trinajstić information content (AvgIpc) is 2.87. The standard InChI is InChI=1S/C15H26N2O4/c1-2-6-16-12-9-21-8-11(12)14(20)17-10-15(4-3-5-15)7-13(18)19/h11-12,16H,2-10H2,1H3,(H,17,20)(H,18,19). The molecule has 0 aromatic rings. The van der Waals surface area contributed by atoms with Crippen LogP contribution >= 0.6 is 0 Å². The zero-order valence-electron chi connectivity index (χ0n) is 12.7. The highest BCUT2D eigenvalue weighted by Gasteiger charge is 2.40. The first-order valence-electron chi connectivity index (χ1n) is 7.87. The van der Waals surface area contributed by atoms with Gasteiger partial charge >= 0.3 is 5.97 Å². The maximum Gasteiger partial charge on any atom is 0.303 e. The molecular weight excluding hydrogens is 272 g/mol. The summed E-state index contributed by atoms with van der Waals surface area (Å²) < 4.78 is 5.41. The molecule has 0 radical (unpaired) electrons. The molecule has 1 aliphatic heterocycles. The van der Waals surface area contributed by atoms with Crippen molar-refractivity contribution >= 4 is 11.9 Å². The predicted octanol–water partition coefficient (Wildman–Crippen LogP) is 0.762. The van der Waals surface area contributed by atoms with Crippen molar-refractivity contribution in [2.75, 3.05) is 26.3 Å². The van der Waals surface area contributed by atoms with Crippen molar-refractivity contribution in [1.29, 1.82) is 0 Å². The number of nitrogens with one attached hydrogen (secondary N) is 2. The molecule has 0 aromatic heterocycles. The molecule has 0 bridgehead atoms. The van der Waals surface area contributed by atoms with Gasteiger partial charge in [-0.1, -0.05) is 13.3 Å². The first kappa shape index (κ1) is 16.2. The molecule has 2 rings (SSSR count). The van der Waals surface area contributed by atoms with E-state index in [1.54, 1.807) is 0 Å². The second kappa shape index (κ2) is 7.22. The summed E-state index contributed by atoms with van der Waals surface area (Å²) in [5, 5.41) is 15.3. The topological polar surface area (TPSA) is 87.7 Å². The van der Waals surface area contributed by atoms with Crippen LogP contribution in [-0.2, 0) is 14.3 Å². The Hall–Kier alpha value is -1.14. The number of amides is 1. The summed E-state index contributed by atoms with van der Waals surface area (Å²) in [5.41, 5.74) is -0.229. The van der Waals surface area contributed by atoms with Gasteiger partial charge in [0.1, 0.15) is 0 Å². The van der Waals surface area contributed by atoms with Gasteiger partial charge in [-0.2, -0.15) is 0 Å². The Labute approximate surface area is 125 Å². The highest BCUT2D eigenvalue weighted by atomic mass is 16.5. The van der Waals surface area contributed by atoms with Gasteiger partial charge in [-0.3, -0.25) is 9.59 Å². The summed E-state index contributed by atoms with van der Waals surface area (Å²) >= 11 is 0. The largest absolute Gasteiger partial charge is 0.481 e. The number of ether oxygens (including phenoxy) is 1. The molecule has 3 N–H and O–H groups in total. The molecular formula is C15H26N2O4. The summed E-state index contributed by atoms with van der Waals surface area (Å²) in [6.45, 7) is 4.44. The molecule has 2 aliphatic rings. The van der Waals surface area contributed by atoms with Gasteiger partial charge in [0, 0.05) is 12.6 Å². The van der Waals surface area contributed by atoms with E-state index in [1.165, 1.54) is 0 Å². The van der Waals surface area contributed by atoms with E-state index < -0.39 is 5.97 Å². The maximum absolute atomic E-state index is 12.3. The van der Waals surface area contributed by atoms with Crippen LogP contribution in [0.1, 0.15) is 39.0 Å². The minimum absolute atomic E-state index is 0.0160. The third-order valence-corrected chi connectivity index (χ3v) is 4.65. The first-order valence-corrected chi connectivity index (χ1v) is 7.87. The number of carbonyl (C=O) groups is 2. The zero-order valence-corrected chi connectivity index (χ0v) is 12.7. The fraction of sp³-hybridized carbons (Fsp3) is 0.867. The number of rotatable bonds is 8. The normalized spacial score (nSPS) is 27.1. The van der Waals surface area contributed by atoms with Crippen LogP contribution < -0.4 is 10.6 Å². The first-order chi connectivity index (χ1) is 10.1. The van der Waals surface area contributed by atoms with Crippen LogP contribution in [0.2, 0.25) is 0 Å². The van der Waals surface area contributed by atoms with Gasteiger partial charge in [0.25, 0.3) is 0 Å². The van der Waals surface area contributed by atoms with Crippen LogP contribution in [0, 0.1) is 11.3 Å². The van der Waals surface area contributed by atoms with E-state index in [2.05, 4.69) is 17.6 Å². The quantitative estimate of drug-likeness (QED) is 0.616. The number of aliphatic carboxylic acids is 1. The summed E-state index contributed by atoms with van der Waals surface area (Å²) in [6, 6.07) is 0.0711. The molecule has 0 spiro atoms. The Morgan fingerprint density at radius 3 is 2.67 bits per heavy atom. The van der Waals surface area contributed by atoms with E-state index in [0.29, 0.717) is 19.8 Å². The number of carbonyl (C=O) groups excluding carboxylic acids is 1. The summed E-state index contributed by atoms with van der Waals surface area (Å²) in [5.74, 6) is -0.966. The van der Waals surface area contributed by atoms with E-state index in [4.69, 9.17) is 9.84 Å². The smallest absolute Gasteiger partial charge is 0.303 e. The Morgan fingerprint density at radius 2 is 2.10 bits per heavy atom. The second-order valence-corrected chi connectivity index (χ2v) is 6.35. The third-order valence-electron chi connectivity index (χ3n) is 4.65. The van der Waals surface area contributed by atoms with Crippen molar-refractivity contribution in [2.24, 2.45) is 11.3 Å². The number of hydrogen-bond donors (Lipinski definition) is 3. The fourth-order valence-corrected chi connectivity index (χ4v) is 3.16. The second-order valence-electron chi connectivity index (χ2n) is 6.35. The van der Waals surface area contributed by atoms with E-state index in [9.17, 15) is 9.59 Å². The van der Waals surface area contributed by atoms with Crippen LogP contribution in [0.5, 0.6) is 0 Å². The monoisotopic (exact) mass is 298 g/mol. The third kappa shape index (κ3) is 4.17. The van der Waals surface area contributed by atoms with Gasteiger partial charge in [-0.05, 0) is 31.2 Å². The van der Waals surface area contributed by atoms with Gasteiger partial charge in [-0.15, -0.1) is 0 Å². The van der Waals surface area contributed by atoms with E-state index in [0.717, 1.165) is 32.2 Å². The van der Waals surface area contributed by atoms with Crippen molar-refractivity contribution < 1.29 is 19.4 Å². The highest BCUT2D eigenvalue weighted by molar-refractivity contribution is 5.80. The van der Waals surface area contributed by atoms with Crippen LogP contribution in [0.25, 0.3) is 0 Å². The molecule has 21 heavy (non-hydrogen) atoms. The molecule has 120 valence electrons. The number of carboxylic acids is 1. The van der Waals surface area contributed by atoms with Gasteiger partial charge in [0.15, 0.2) is 0 Å². The van der Waals surface area contributed by atoms with E-state index in [-0.39, 0.29) is 29.7 Å². The Kier molecular flexibility index (Phi) is 5.58. The lowest BCUT2D eigenvalue weighted by Crippen LogP contribution is -2.49. The summed E-state index contributed by atoms with van der Waals surface area (Å²) in [4.78, 5) is 23.2. The van der Waals surface area contributed by atoms with Gasteiger partial charge < -0.3 is 20.5 Å². The summed E-state index contributed by atoms with van der Waals surface area (Å²) in [6.07, 6.45) is 3.99. The van der Waals surface area contributed by atoms with Gasteiger partial charge in [0.05, 0.1) is 25.6 Å². The van der Waals surface area contributed by atoms with E-state index in [1.807, 2.05) is 0 Å². The fourth-order valence-electron chi connectivity index (χ4n) is 3.16. The molecule has 1 heterocycles. The van der Waals surface area contributed by atoms with Crippen molar-refractivity contribution in [2.45, 2.75) is 45.1 Å². The lowest BCUT2D eigenvalue weighted by Gasteiger charge is -2.41. The van der Waals surface area contributed by atoms with Crippen molar-refractivity contribution in [1.82, 2.24) is 10.6 Å². The van der Waals surface area contributed by atoms with Crippen LogP contribution in [0.3, 0.4) is 0 Å². The lowest BCUT2D eigenvalue weighted by molar-refractivity contribution is -0.142. The van der Waals surface area contributed by atoms with Crippen LogP contribution in [0.15, 0.2) is 0 Å². The maximum atomic E-state index is 12.3. The number of carboxylic acid groups (broad SMARTS) is 1. The molecule has 2 fully saturated rings. The minimum Gasteiger partial charge on any atom is -0.481 e. The summed E-state index contributed by atoms with van der Waals surface area (Å²) in [7, 11) is 0. The van der Waals surface area contributed by atoms with E-state index >= 15 is 0 Å². The molecule has 6 nitrogen and oxygen atoms in total. The van der Waals surface area contributed by atoms with Gasteiger partial charge in [0.2, 0.25) is 5.91 Å². The van der Waals surface area contributed by atoms with Crippen LogP contribution in [-0.4, -0.2) is 49.3 Å². The van der Waals surface area contributed by atoms with Crippen molar-refractivity contribution in [3.05, 3.63) is 0 Å². The average molecular weight is 298 g/mol. The lowest BCUT2D eigenvalue weighted by atomic mass is 9.66. The van der Waals surface area contributed by atoms with Crippen molar-refractivity contribution in [3.63, 3.8) is 0 Å². The number of hydrogen-bond acceptors (Lipinski definition) is 4. The molecule has 6 heteroatoms. The zero-order chi connectivity index (χ0) is 15.3. The molecule has 0 aromatic carbocycles. The Morgan fingerprint density at radius 1 is 1.33 bits per heavy atom. The van der Waals surface area contributed by atoms with Gasteiger partial charge in [-0.25, -0.2) is 0 Å². The highest BCUT2D eigenvalue weighted by Crippen LogP contribution is 2.43. The molecule has 1 saturated heterocycles. The molecule has 2 unspecified atom stereocenters.